The number of hydrogen-bond acceptors (Lipinski definition) is 8. The molecule has 0 aliphatic carbocycles. The first kappa shape index (κ1) is 22.7. The summed E-state index contributed by atoms with van der Waals surface area (Å²) in [5, 5.41) is 22.3. The van der Waals surface area contributed by atoms with Crippen LogP contribution in [0.5, 0.6) is 5.88 Å². The molecule has 0 spiro atoms. The van der Waals surface area contributed by atoms with E-state index in [4.69, 9.17) is 26.3 Å². The lowest BCUT2D eigenvalue weighted by Crippen LogP contribution is -2.59. The van der Waals surface area contributed by atoms with E-state index in [0.29, 0.717) is 44.1 Å². The van der Waals surface area contributed by atoms with Gasteiger partial charge in [-0.2, -0.15) is 14.6 Å². The number of aromatic nitrogens is 2. The van der Waals surface area contributed by atoms with E-state index in [-0.39, 0.29) is 34.7 Å². The Balaban J connectivity index is 1.50. The summed E-state index contributed by atoms with van der Waals surface area (Å²) in [6.45, 7) is 6.49. The third-order valence-corrected chi connectivity index (χ3v) is 5.86. The van der Waals surface area contributed by atoms with E-state index in [2.05, 4.69) is 20.2 Å². The lowest BCUT2D eigenvalue weighted by atomic mass is 9.84. The number of benzene rings is 1. The molecule has 1 aromatic carbocycles. The van der Waals surface area contributed by atoms with Crippen LogP contribution in [-0.2, 0) is 4.74 Å². The van der Waals surface area contributed by atoms with Crippen molar-refractivity contribution in [2.45, 2.75) is 25.6 Å². The van der Waals surface area contributed by atoms with Gasteiger partial charge in [-0.25, -0.2) is 4.98 Å². The molecule has 2 aromatic rings. The predicted molar refractivity (Wildman–Crippen MR) is 116 cm³/mol. The van der Waals surface area contributed by atoms with Crippen molar-refractivity contribution in [2.75, 3.05) is 38.2 Å². The Hall–Kier alpha value is -2.51. The second-order valence-electron chi connectivity index (χ2n) is 8.92. The van der Waals surface area contributed by atoms with Crippen LogP contribution in [0.25, 0.3) is 0 Å². The molecule has 10 heteroatoms. The molecule has 2 unspecified atom stereocenters. The largest absolute Gasteiger partial charge is 0.471 e. The molecule has 2 saturated heterocycles. The highest BCUT2D eigenvalue weighted by Crippen LogP contribution is 2.34. The zero-order valence-corrected chi connectivity index (χ0v) is 18.6. The second kappa shape index (κ2) is 9.16. The van der Waals surface area contributed by atoms with Gasteiger partial charge in [0.25, 0.3) is 5.88 Å². The molecule has 170 valence electrons. The topological polar surface area (TPSA) is 104 Å². The molecule has 0 saturated carbocycles. The number of nitrogens with zero attached hydrogens (tertiary/aromatic N) is 4. The number of anilines is 2. The van der Waals surface area contributed by atoms with Crippen LogP contribution in [-0.4, -0.2) is 64.5 Å². The maximum absolute atomic E-state index is 15.2. The zero-order valence-electron chi connectivity index (χ0n) is 17.9. The molecule has 0 radical (unpaired) electrons. The van der Waals surface area contributed by atoms with E-state index in [0.717, 1.165) is 0 Å². The number of aliphatic hydroxyl groups is 1. The Labute approximate surface area is 190 Å². The first-order valence-electron chi connectivity index (χ1n) is 10.4. The van der Waals surface area contributed by atoms with Crippen molar-refractivity contribution < 1.29 is 19.0 Å². The van der Waals surface area contributed by atoms with Gasteiger partial charge in [-0.1, -0.05) is 11.6 Å². The number of halogens is 2. The molecule has 2 atom stereocenters. The summed E-state index contributed by atoms with van der Waals surface area (Å²) >= 11 is 6.18. The maximum atomic E-state index is 15.2. The maximum Gasteiger partial charge on any atom is 0.256 e. The van der Waals surface area contributed by atoms with Gasteiger partial charge < -0.3 is 19.9 Å². The Bertz CT molecular complexity index is 1010. The predicted octanol–water partition coefficient (Wildman–Crippen LogP) is 2.98. The summed E-state index contributed by atoms with van der Waals surface area (Å²) in [6.07, 6.45) is 0.978. The van der Waals surface area contributed by atoms with E-state index < -0.39 is 11.4 Å². The van der Waals surface area contributed by atoms with Crippen LogP contribution in [0.1, 0.15) is 19.4 Å². The Morgan fingerprint density at radius 2 is 2.06 bits per heavy atom. The molecule has 3 heterocycles. The SMILES string of the molecule is CC(C)(O)CN1CC2COCC(C1)C2Oc1ncnc(Nc2ccc(C#N)cc2Cl)c1F. The minimum atomic E-state index is -0.797. The first-order valence-corrected chi connectivity index (χ1v) is 10.8. The fraction of sp³-hybridized carbons (Fsp3) is 0.500. The van der Waals surface area contributed by atoms with Gasteiger partial charge in [-0.3, -0.25) is 4.90 Å². The van der Waals surface area contributed by atoms with Crippen LogP contribution in [0.2, 0.25) is 5.02 Å². The van der Waals surface area contributed by atoms with Crippen molar-refractivity contribution in [3.8, 4) is 11.9 Å². The van der Waals surface area contributed by atoms with Gasteiger partial charge in [-0.05, 0) is 32.0 Å². The van der Waals surface area contributed by atoms with Crippen LogP contribution in [0.3, 0.4) is 0 Å². The number of β-amino-alcohol motifs (C(OH)–C–C–N with tert-alkyl or cyclic N) is 1. The van der Waals surface area contributed by atoms with Crippen molar-refractivity contribution >= 4 is 23.1 Å². The Morgan fingerprint density at radius 3 is 2.69 bits per heavy atom. The molecular weight excluding hydrogens is 437 g/mol. The van der Waals surface area contributed by atoms with Crippen molar-refractivity contribution in [2.24, 2.45) is 11.8 Å². The third-order valence-electron chi connectivity index (χ3n) is 5.55. The number of rotatable bonds is 6. The average Bonchev–Trinajstić information content (AvgIpc) is 2.71. The number of hydrogen-bond donors (Lipinski definition) is 2. The smallest absolute Gasteiger partial charge is 0.256 e. The molecule has 2 N–H and O–H groups in total. The molecular formula is C22H25ClFN5O3. The molecule has 0 amide bonds. The Kier molecular flexibility index (Phi) is 6.49. The summed E-state index contributed by atoms with van der Waals surface area (Å²) in [4.78, 5) is 10.2. The molecule has 32 heavy (non-hydrogen) atoms. The first-order chi connectivity index (χ1) is 15.2. The lowest BCUT2D eigenvalue weighted by molar-refractivity contribution is -0.124. The molecule has 2 aliphatic rings. The minimum absolute atomic E-state index is 0.0311. The van der Waals surface area contributed by atoms with Crippen molar-refractivity contribution in [3.05, 3.63) is 40.9 Å². The molecule has 4 rings (SSSR count). The van der Waals surface area contributed by atoms with Crippen LogP contribution in [0.15, 0.2) is 24.5 Å². The fourth-order valence-electron chi connectivity index (χ4n) is 4.33. The van der Waals surface area contributed by atoms with Gasteiger partial charge in [0.05, 0.1) is 41.2 Å². The molecule has 2 bridgehead atoms. The van der Waals surface area contributed by atoms with E-state index in [1.807, 2.05) is 6.07 Å². The number of nitrogens with one attached hydrogen (secondary N) is 1. The summed E-state index contributed by atoms with van der Waals surface area (Å²) in [5.41, 5.74) is 0.0198. The number of nitriles is 1. The van der Waals surface area contributed by atoms with Crippen LogP contribution in [0.4, 0.5) is 15.9 Å². The number of fused-ring (bicyclic) bond motifs is 2. The monoisotopic (exact) mass is 461 g/mol. The van der Waals surface area contributed by atoms with Crippen molar-refractivity contribution in [1.29, 1.82) is 5.26 Å². The van der Waals surface area contributed by atoms with Gasteiger partial charge in [0.1, 0.15) is 12.4 Å². The number of ether oxygens (including phenoxy) is 2. The van der Waals surface area contributed by atoms with Gasteiger partial charge in [-0.15, -0.1) is 0 Å². The fourth-order valence-corrected chi connectivity index (χ4v) is 4.56. The van der Waals surface area contributed by atoms with E-state index in [1.54, 1.807) is 26.0 Å². The standard InChI is InChI=1S/C22H25ClFN5O3/c1-22(2,30)11-29-7-14-9-31-10-15(8-29)19(14)32-21-18(24)20(26-12-27-21)28-17-4-3-13(6-25)5-16(17)23/h3-5,12,14-15,19,30H,7-11H2,1-2H3,(H,26,27,28). The summed E-state index contributed by atoms with van der Waals surface area (Å²) in [7, 11) is 0. The van der Waals surface area contributed by atoms with Gasteiger partial charge >= 0.3 is 0 Å². The molecule has 1 aromatic heterocycles. The molecule has 8 nitrogen and oxygen atoms in total. The molecule has 2 fully saturated rings. The van der Waals surface area contributed by atoms with E-state index in [9.17, 15) is 5.11 Å². The van der Waals surface area contributed by atoms with Crippen LogP contribution < -0.4 is 10.1 Å². The lowest BCUT2D eigenvalue weighted by Gasteiger charge is -2.47. The summed E-state index contributed by atoms with van der Waals surface area (Å²) in [6, 6.07) is 6.65. The zero-order chi connectivity index (χ0) is 22.9. The Morgan fingerprint density at radius 1 is 1.34 bits per heavy atom. The highest BCUT2D eigenvalue weighted by Gasteiger charge is 2.43. The van der Waals surface area contributed by atoms with E-state index >= 15 is 4.39 Å². The normalized spacial score (nSPS) is 23.4. The van der Waals surface area contributed by atoms with Gasteiger partial charge in [0.15, 0.2) is 5.82 Å². The molecule has 2 aliphatic heterocycles. The highest BCUT2D eigenvalue weighted by atomic mass is 35.5. The second-order valence-corrected chi connectivity index (χ2v) is 9.33. The van der Waals surface area contributed by atoms with Gasteiger partial charge in [0.2, 0.25) is 5.82 Å². The number of likely N-dealkylation sites (tertiary alicyclic amines) is 1. The van der Waals surface area contributed by atoms with Crippen molar-refractivity contribution in [3.63, 3.8) is 0 Å². The average molecular weight is 462 g/mol. The highest BCUT2D eigenvalue weighted by molar-refractivity contribution is 6.33. The third kappa shape index (κ3) is 5.10. The summed E-state index contributed by atoms with van der Waals surface area (Å²) in [5.74, 6) is -0.856. The number of piperidine rings is 1. The quantitative estimate of drug-likeness (QED) is 0.676. The minimum Gasteiger partial charge on any atom is -0.471 e. The van der Waals surface area contributed by atoms with Crippen LogP contribution >= 0.6 is 11.6 Å². The van der Waals surface area contributed by atoms with E-state index in [1.165, 1.54) is 12.4 Å². The van der Waals surface area contributed by atoms with Gasteiger partial charge in [0, 0.05) is 31.5 Å². The van der Waals surface area contributed by atoms with Crippen molar-refractivity contribution in [1.82, 2.24) is 14.9 Å². The van der Waals surface area contributed by atoms with Crippen LogP contribution in [0, 0.1) is 29.0 Å². The summed E-state index contributed by atoms with van der Waals surface area (Å²) < 4.78 is 27.0.